The monoisotopic (exact) mass is 219 g/mol. The second-order valence-electron chi connectivity index (χ2n) is 3.24. The third kappa shape index (κ3) is 2.85. The fraction of sp³-hybridized carbons (Fsp3) is 0.857. The van der Waals surface area contributed by atoms with Crippen LogP contribution in [0.15, 0.2) is 4.99 Å². The lowest BCUT2D eigenvalue weighted by Crippen LogP contribution is -2.52. The van der Waals surface area contributed by atoms with Crippen molar-refractivity contribution < 1.29 is 19.9 Å². The lowest BCUT2D eigenvalue weighted by atomic mass is 10.0. The van der Waals surface area contributed by atoms with Gasteiger partial charge in [-0.25, -0.2) is 0 Å². The molecular formula is C7H13N3O5. The van der Waals surface area contributed by atoms with Gasteiger partial charge in [-0.1, -0.05) is 0 Å². The highest BCUT2D eigenvalue weighted by molar-refractivity contribution is 5.51. The van der Waals surface area contributed by atoms with Crippen LogP contribution in [-0.2, 0) is 4.74 Å². The minimum absolute atomic E-state index is 0.00255. The van der Waals surface area contributed by atoms with Gasteiger partial charge in [0.25, 0.3) is 0 Å². The van der Waals surface area contributed by atoms with Crippen molar-refractivity contribution in [3.05, 3.63) is 10.1 Å². The summed E-state index contributed by atoms with van der Waals surface area (Å²) < 4.78 is 4.91. The topological polar surface area (TPSA) is 131 Å². The molecule has 8 nitrogen and oxygen atoms in total. The zero-order valence-electron chi connectivity index (χ0n) is 7.89. The molecule has 0 bridgehead atoms. The average molecular weight is 219 g/mol. The summed E-state index contributed by atoms with van der Waals surface area (Å²) >= 11 is 0. The molecule has 1 aliphatic heterocycles. The van der Waals surface area contributed by atoms with Gasteiger partial charge in [-0.15, -0.1) is 0 Å². The molecule has 0 spiro atoms. The van der Waals surface area contributed by atoms with E-state index in [1.165, 1.54) is 0 Å². The van der Waals surface area contributed by atoms with Crippen LogP contribution >= 0.6 is 0 Å². The number of nitro groups is 1. The van der Waals surface area contributed by atoms with Gasteiger partial charge in [0.2, 0.25) is 6.04 Å². The van der Waals surface area contributed by atoms with Gasteiger partial charge >= 0.3 is 0 Å². The Kier molecular flexibility index (Phi) is 3.95. The first-order valence-electron chi connectivity index (χ1n) is 4.41. The van der Waals surface area contributed by atoms with E-state index in [9.17, 15) is 20.3 Å². The van der Waals surface area contributed by atoms with Crippen LogP contribution in [0.5, 0.6) is 0 Å². The van der Waals surface area contributed by atoms with Crippen LogP contribution in [0.4, 0.5) is 0 Å². The van der Waals surface area contributed by atoms with Gasteiger partial charge in [0, 0.05) is 11.3 Å². The molecule has 0 saturated carbocycles. The fourth-order valence-electron chi connectivity index (χ4n) is 1.44. The third-order valence-electron chi connectivity index (χ3n) is 2.21. The van der Waals surface area contributed by atoms with Crippen LogP contribution in [0.2, 0.25) is 0 Å². The Morgan fingerprint density at radius 2 is 2.33 bits per heavy atom. The van der Waals surface area contributed by atoms with Gasteiger partial charge in [-0.05, 0) is 0 Å². The van der Waals surface area contributed by atoms with E-state index < -0.39 is 29.5 Å². The molecule has 8 heteroatoms. The number of nitrogens with zero attached hydrogens (tertiary/aromatic N) is 2. The van der Waals surface area contributed by atoms with Crippen LogP contribution in [0, 0.1) is 10.1 Å². The van der Waals surface area contributed by atoms with E-state index in [2.05, 4.69) is 4.99 Å². The van der Waals surface area contributed by atoms with Crippen molar-refractivity contribution in [2.45, 2.75) is 31.0 Å². The normalized spacial score (nSPS) is 36.9. The molecule has 4 atom stereocenters. The van der Waals surface area contributed by atoms with E-state index >= 15 is 0 Å². The van der Waals surface area contributed by atoms with Crippen LogP contribution in [-0.4, -0.2) is 52.6 Å². The molecule has 4 N–H and O–H groups in total. The summed E-state index contributed by atoms with van der Waals surface area (Å²) in [6, 6.07) is -1.23. The standard InChI is InChI=1S/C7H13N3O5/c8-3-9-2-4-1-5(10(13)14)6(11)7(12)15-4/h3-7,11-12H,1-2H2,(H2,8,9)/t4?,5?,6?,7-/m1/s1. The number of aliphatic hydroxyl groups excluding tert-OH is 2. The van der Waals surface area contributed by atoms with E-state index in [-0.39, 0.29) is 13.0 Å². The maximum Gasteiger partial charge on any atom is 0.246 e. The summed E-state index contributed by atoms with van der Waals surface area (Å²) in [5.41, 5.74) is 5.01. The van der Waals surface area contributed by atoms with Crippen LogP contribution in [0.3, 0.4) is 0 Å². The van der Waals surface area contributed by atoms with Crippen molar-refractivity contribution in [2.75, 3.05) is 6.54 Å². The first-order valence-corrected chi connectivity index (χ1v) is 4.41. The quantitative estimate of drug-likeness (QED) is 0.219. The van der Waals surface area contributed by atoms with Gasteiger partial charge in [-0.3, -0.25) is 15.1 Å². The molecule has 0 aromatic heterocycles. The number of hydrogen-bond acceptors (Lipinski definition) is 6. The molecule has 15 heavy (non-hydrogen) atoms. The maximum atomic E-state index is 10.5. The van der Waals surface area contributed by atoms with E-state index in [4.69, 9.17) is 10.5 Å². The maximum absolute atomic E-state index is 10.5. The summed E-state index contributed by atoms with van der Waals surface area (Å²) in [6.45, 7) is 0.130. The SMILES string of the molecule is NC=NCC1CC([N+](=O)[O-])C(O)[C@H](O)O1. The van der Waals surface area contributed by atoms with Crippen LogP contribution in [0.25, 0.3) is 0 Å². The second-order valence-corrected chi connectivity index (χ2v) is 3.24. The number of rotatable bonds is 3. The first-order chi connectivity index (χ1) is 7.06. The lowest BCUT2D eigenvalue weighted by Gasteiger charge is -2.31. The van der Waals surface area contributed by atoms with Crippen LogP contribution in [0.1, 0.15) is 6.42 Å². The van der Waals surface area contributed by atoms with Gasteiger partial charge in [-0.2, -0.15) is 0 Å². The highest BCUT2D eigenvalue weighted by atomic mass is 16.6. The summed E-state index contributed by atoms with van der Waals surface area (Å²) in [7, 11) is 0. The highest BCUT2D eigenvalue weighted by Crippen LogP contribution is 2.21. The molecule has 0 aromatic carbocycles. The number of aliphatic hydroxyl groups is 2. The van der Waals surface area contributed by atoms with Gasteiger partial charge in [0.1, 0.15) is 0 Å². The molecule has 86 valence electrons. The Labute approximate surface area is 85.5 Å². The lowest BCUT2D eigenvalue weighted by molar-refractivity contribution is -0.550. The Balaban J connectivity index is 2.62. The zero-order chi connectivity index (χ0) is 11.4. The van der Waals surface area contributed by atoms with Crippen molar-refractivity contribution in [1.82, 2.24) is 0 Å². The molecule has 0 amide bonds. The van der Waals surface area contributed by atoms with Gasteiger partial charge in [0.15, 0.2) is 12.4 Å². The first kappa shape index (κ1) is 11.8. The Morgan fingerprint density at radius 1 is 1.67 bits per heavy atom. The van der Waals surface area contributed by atoms with E-state index in [1.54, 1.807) is 0 Å². The van der Waals surface area contributed by atoms with Crippen molar-refractivity contribution in [3.8, 4) is 0 Å². The molecule has 0 aromatic rings. The fourth-order valence-corrected chi connectivity index (χ4v) is 1.44. The van der Waals surface area contributed by atoms with E-state index in [1.807, 2.05) is 0 Å². The van der Waals surface area contributed by atoms with Crippen molar-refractivity contribution in [2.24, 2.45) is 10.7 Å². The summed E-state index contributed by atoms with van der Waals surface area (Å²) in [5, 5.41) is 29.0. The Bertz CT molecular complexity index is 259. The van der Waals surface area contributed by atoms with Crippen molar-refractivity contribution >= 4 is 6.34 Å². The molecule has 0 aliphatic carbocycles. The zero-order valence-corrected chi connectivity index (χ0v) is 7.89. The number of nitrogens with two attached hydrogens (primary N) is 1. The van der Waals surface area contributed by atoms with Crippen molar-refractivity contribution in [1.29, 1.82) is 0 Å². The minimum Gasteiger partial charge on any atom is -0.390 e. The average Bonchev–Trinajstić information content (AvgIpc) is 2.19. The smallest absolute Gasteiger partial charge is 0.246 e. The highest BCUT2D eigenvalue weighted by Gasteiger charge is 2.43. The van der Waals surface area contributed by atoms with E-state index in [0.29, 0.717) is 0 Å². The molecule has 1 rings (SSSR count). The number of ether oxygens (including phenoxy) is 1. The number of aliphatic imine (C=N–C) groups is 1. The van der Waals surface area contributed by atoms with Gasteiger partial charge in [0.05, 0.1) is 19.0 Å². The van der Waals surface area contributed by atoms with Gasteiger partial charge < -0.3 is 20.7 Å². The minimum atomic E-state index is -1.55. The predicted molar refractivity (Wildman–Crippen MR) is 49.8 cm³/mol. The molecule has 1 fully saturated rings. The Morgan fingerprint density at radius 3 is 2.87 bits per heavy atom. The molecule has 0 radical (unpaired) electrons. The van der Waals surface area contributed by atoms with E-state index in [0.717, 1.165) is 6.34 Å². The third-order valence-corrected chi connectivity index (χ3v) is 2.21. The molecule has 1 saturated heterocycles. The molecule has 1 aliphatic rings. The Hall–Kier alpha value is -1.25. The molecule has 1 heterocycles. The molecule has 3 unspecified atom stereocenters. The molecular weight excluding hydrogens is 206 g/mol. The largest absolute Gasteiger partial charge is 0.390 e. The second kappa shape index (κ2) is 5.01. The predicted octanol–water partition coefficient (Wildman–Crippen LogP) is -1.91. The van der Waals surface area contributed by atoms with Crippen LogP contribution < -0.4 is 5.73 Å². The summed E-state index contributed by atoms with van der Waals surface area (Å²) in [6.07, 6.45) is -2.59. The summed E-state index contributed by atoms with van der Waals surface area (Å²) in [5.74, 6) is 0. The number of hydrogen-bond donors (Lipinski definition) is 3. The summed E-state index contributed by atoms with van der Waals surface area (Å²) in [4.78, 5) is 13.6. The van der Waals surface area contributed by atoms with Crippen molar-refractivity contribution in [3.63, 3.8) is 0 Å².